The summed E-state index contributed by atoms with van der Waals surface area (Å²) < 4.78 is 0. The predicted octanol–water partition coefficient (Wildman–Crippen LogP) is 1.72. The number of amides is 1. The third-order valence-electron chi connectivity index (χ3n) is 2.12. The van der Waals surface area contributed by atoms with Gasteiger partial charge in [0, 0.05) is 12.1 Å². The van der Waals surface area contributed by atoms with Gasteiger partial charge in [0.05, 0.1) is 4.92 Å². The highest BCUT2D eigenvalue weighted by atomic mass is 35.5. The van der Waals surface area contributed by atoms with Crippen molar-refractivity contribution in [3.8, 4) is 0 Å². The second-order valence-electron chi connectivity index (χ2n) is 4.56. The number of carbonyl (C=O) groups is 1. The molecular formula is C11H14ClN3O3. The maximum Gasteiger partial charge on any atom is 0.300 e. The van der Waals surface area contributed by atoms with E-state index in [0.717, 1.165) is 0 Å². The molecule has 1 amide bonds. The average molecular weight is 272 g/mol. The summed E-state index contributed by atoms with van der Waals surface area (Å²) in [6.45, 7) is 3.68. The van der Waals surface area contributed by atoms with Crippen LogP contribution in [0.2, 0.25) is 5.02 Å². The number of nitrogens with zero attached hydrogens (tertiary/aromatic N) is 1. The van der Waals surface area contributed by atoms with Crippen molar-refractivity contribution in [3.63, 3.8) is 0 Å². The van der Waals surface area contributed by atoms with Crippen molar-refractivity contribution >= 4 is 23.2 Å². The van der Waals surface area contributed by atoms with Gasteiger partial charge in [-0.1, -0.05) is 17.7 Å². The van der Waals surface area contributed by atoms with Crippen molar-refractivity contribution in [1.29, 1.82) is 0 Å². The number of carbonyl (C=O) groups excluding carboxylic acids is 1. The third-order valence-corrected chi connectivity index (χ3v) is 2.42. The van der Waals surface area contributed by atoms with Crippen LogP contribution in [0.3, 0.4) is 0 Å². The molecule has 0 atom stereocenters. The van der Waals surface area contributed by atoms with Gasteiger partial charge in [-0.3, -0.25) is 14.9 Å². The smallest absolute Gasteiger partial charge is 0.300 e. The van der Waals surface area contributed by atoms with Gasteiger partial charge in [-0.2, -0.15) is 0 Å². The van der Waals surface area contributed by atoms with Crippen LogP contribution in [0.15, 0.2) is 18.2 Å². The van der Waals surface area contributed by atoms with E-state index < -0.39 is 22.1 Å². The number of benzene rings is 1. The maximum atomic E-state index is 11.8. The van der Waals surface area contributed by atoms with E-state index in [-0.39, 0.29) is 17.1 Å². The van der Waals surface area contributed by atoms with Crippen LogP contribution in [0, 0.1) is 10.1 Å². The van der Waals surface area contributed by atoms with Crippen LogP contribution in [0.1, 0.15) is 24.2 Å². The summed E-state index contributed by atoms with van der Waals surface area (Å²) in [7, 11) is 0. The van der Waals surface area contributed by atoms with E-state index in [1.165, 1.54) is 18.2 Å². The lowest BCUT2D eigenvalue weighted by Gasteiger charge is -2.18. The molecule has 18 heavy (non-hydrogen) atoms. The van der Waals surface area contributed by atoms with E-state index in [9.17, 15) is 14.9 Å². The number of nitrogens with one attached hydrogen (secondary N) is 1. The highest BCUT2D eigenvalue weighted by Crippen LogP contribution is 2.27. The number of hydrogen-bond acceptors (Lipinski definition) is 4. The monoisotopic (exact) mass is 271 g/mol. The van der Waals surface area contributed by atoms with Gasteiger partial charge >= 0.3 is 5.69 Å². The molecule has 3 N–H and O–H groups in total. The van der Waals surface area contributed by atoms with Crippen molar-refractivity contribution in [1.82, 2.24) is 5.32 Å². The number of halogens is 1. The minimum Gasteiger partial charge on any atom is -0.350 e. The van der Waals surface area contributed by atoms with Gasteiger partial charge in [-0.25, -0.2) is 0 Å². The Labute approximate surface area is 109 Å². The Morgan fingerprint density at radius 3 is 2.67 bits per heavy atom. The first kappa shape index (κ1) is 14.4. The Hall–Kier alpha value is -1.66. The van der Waals surface area contributed by atoms with E-state index in [1.54, 1.807) is 13.8 Å². The molecule has 7 heteroatoms. The minimum absolute atomic E-state index is 0.0698. The fraction of sp³-hybridized carbons (Fsp3) is 0.364. The van der Waals surface area contributed by atoms with Crippen LogP contribution in [-0.4, -0.2) is 22.9 Å². The first-order valence-electron chi connectivity index (χ1n) is 5.22. The lowest BCUT2D eigenvalue weighted by atomic mass is 10.1. The molecule has 1 aromatic rings. The Kier molecular flexibility index (Phi) is 4.26. The molecule has 1 aromatic carbocycles. The summed E-state index contributed by atoms with van der Waals surface area (Å²) in [5.74, 6) is -0.567. The summed E-state index contributed by atoms with van der Waals surface area (Å²) >= 11 is 5.71. The normalized spacial score (nSPS) is 11.1. The zero-order chi connectivity index (χ0) is 13.9. The second kappa shape index (κ2) is 5.32. The molecule has 98 valence electrons. The van der Waals surface area contributed by atoms with Crippen LogP contribution in [-0.2, 0) is 0 Å². The SMILES string of the molecule is CC(C)(N)CNC(=O)c1cccc(Cl)c1[N+](=O)[O-]. The largest absolute Gasteiger partial charge is 0.350 e. The standard InChI is InChI=1S/C11H14ClN3O3/c1-11(2,13)6-14-10(16)7-4-3-5-8(12)9(7)15(17)18/h3-5H,6,13H2,1-2H3,(H,14,16). The van der Waals surface area contributed by atoms with Crippen LogP contribution >= 0.6 is 11.6 Å². The molecule has 0 aromatic heterocycles. The maximum absolute atomic E-state index is 11.8. The molecule has 0 aliphatic heterocycles. The quantitative estimate of drug-likeness (QED) is 0.643. The summed E-state index contributed by atoms with van der Waals surface area (Å²) in [6.07, 6.45) is 0. The molecule has 0 aliphatic rings. The summed E-state index contributed by atoms with van der Waals surface area (Å²) in [6, 6.07) is 4.20. The molecule has 0 bridgehead atoms. The van der Waals surface area contributed by atoms with Crippen molar-refractivity contribution in [2.75, 3.05) is 6.54 Å². The molecule has 0 radical (unpaired) electrons. The van der Waals surface area contributed by atoms with Gasteiger partial charge in [0.1, 0.15) is 10.6 Å². The van der Waals surface area contributed by atoms with Crippen LogP contribution in [0.25, 0.3) is 0 Å². The van der Waals surface area contributed by atoms with E-state index >= 15 is 0 Å². The van der Waals surface area contributed by atoms with Gasteiger partial charge in [-0.15, -0.1) is 0 Å². The van der Waals surface area contributed by atoms with Gasteiger partial charge in [0.2, 0.25) is 0 Å². The molecule has 6 nitrogen and oxygen atoms in total. The number of para-hydroxylation sites is 1. The van der Waals surface area contributed by atoms with Gasteiger partial charge in [0.25, 0.3) is 5.91 Å². The van der Waals surface area contributed by atoms with E-state index in [2.05, 4.69) is 5.32 Å². The molecule has 0 aliphatic carbocycles. The van der Waals surface area contributed by atoms with Crippen LogP contribution in [0.4, 0.5) is 5.69 Å². The van der Waals surface area contributed by atoms with Gasteiger partial charge in [0.15, 0.2) is 0 Å². The Morgan fingerprint density at radius 2 is 2.17 bits per heavy atom. The fourth-order valence-electron chi connectivity index (χ4n) is 1.29. The minimum atomic E-state index is -0.676. The number of hydrogen-bond donors (Lipinski definition) is 2. The lowest BCUT2D eigenvalue weighted by Crippen LogP contribution is -2.45. The molecule has 0 saturated carbocycles. The van der Waals surface area contributed by atoms with Crippen LogP contribution in [0.5, 0.6) is 0 Å². The predicted molar refractivity (Wildman–Crippen MR) is 68.7 cm³/mol. The van der Waals surface area contributed by atoms with E-state index in [1.807, 2.05) is 0 Å². The zero-order valence-electron chi connectivity index (χ0n) is 10.1. The molecule has 0 heterocycles. The first-order chi connectivity index (χ1) is 8.22. The second-order valence-corrected chi connectivity index (χ2v) is 4.97. The number of nitro benzene ring substituents is 1. The lowest BCUT2D eigenvalue weighted by molar-refractivity contribution is -0.385. The zero-order valence-corrected chi connectivity index (χ0v) is 10.8. The highest BCUT2D eigenvalue weighted by molar-refractivity contribution is 6.33. The third kappa shape index (κ3) is 3.68. The van der Waals surface area contributed by atoms with Crippen molar-refractivity contribution in [3.05, 3.63) is 38.9 Å². The van der Waals surface area contributed by atoms with E-state index in [4.69, 9.17) is 17.3 Å². The number of nitro groups is 1. The molecule has 0 unspecified atom stereocenters. The average Bonchev–Trinajstić information content (AvgIpc) is 2.24. The molecule has 1 rings (SSSR count). The van der Waals surface area contributed by atoms with Gasteiger partial charge < -0.3 is 11.1 Å². The van der Waals surface area contributed by atoms with Crippen molar-refractivity contribution in [2.45, 2.75) is 19.4 Å². The van der Waals surface area contributed by atoms with Crippen LogP contribution < -0.4 is 11.1 Å². The summed E-state index contributed by atoms with van der Waals surface area (Å²) in [4.78, 5) is 22.0. The van der Waals surface area contributed by atoms with Crippen molar-refractivity contribution < 1.29 is 9.72 Å². The number of rotatable bonds is 4. The Balaban J connectivity index is 3.00. The molecular weight excluding hydrogens is 258 g/mol. The number of nitrogens with two attached hydrogens (primary N) is 1. The first-order valence-corrected chi connectivity index (χ1v) is 5.60. The summed E-state index contributed by atoms with van der Waals surface area (Å²) in [5, 5.41) is 13.3. The molecule has 0 saturated heterocycles. The Morgan fingerprint density at radius 1 is 1.56 bits per heavy atom. The highest BCUT2D eigenvalue weighted by Gasteiger charge is 2.24. The molecule has 0 spiro atoms. The fourth-order valence-corrected chi connectivity index (χ4v) is 1.53. The Bertz CT molecular complexity index is 483. The van der Waals surface area contributed by atoms with Gasteiger partial charge in [-0.05, 0) is 26.0 Å². The van der Waals surface area contributed by atoms with Crippen molar-refractivity contribution in [2.24, 2.45) is 5.73 Å². The molecule has 0 fully saturated rings. The van der Waals surface area contributed by atoms with E-state index in [0.29, 0.717) is 0 Å². The topological polar surface area (TPSA) is 98.3 Å². The summed E-state index contributed by atoms with van der Waals surface area (Å²) in [5.41, 5.74) is 4.65.